The predicted molar refractivity (Wildman–Crippen MR) is 48.4 cm³/mol. The zero-order chi connectivity index (χ0) is 10.0. The molecule has 0 bridgehead atoms. The first-order chi connectivity index (χ1) is 6.07. The number of methoxy groups -OCH3 is 1. The second kappa shape index (κ2) is 4.12. The maximum atomic E-state index is 12.8. The fourth-order valence-electron chi connectivity index (χ4n) is 0.789. The van der Waals surface area contributed by atoms with E-state index in [1.54, 1.807) is 22.6 Å². The van der Waals surface area contributed by atoms with Gasteiger partial charge in [-0.05, 0) is 22.6 Å². The van der Waals surface area contributed by atoms with Crippen molar-refractivity contribution in [2.45, 2.75) is 6.43 Å². The summed E-state index contributed by atoms with van der Waals surface area (Å²) >= 11 is 1.60. The largest absolute Gasteiger partial charge is 0.491 e. The highest BCUT2D eigenvalue weighted by Gasteiger charge is 2.19. The van der Waals surface area contributed by atoms with E-state index in [2.05, 4.69) is 9.72 Å². The second-order valence-electron chi connectivity index (χ2n) is 2.15. The highest BCUT2D eigenvalue weighted by molar-refractivity contribution is 14.1. The molecular formula is C7H5F3INO. The molecule has 0 saturated heterocycles. The highest BCUT2D eigenvalue weighted by Crippen LogP contribution is 2.31. The van der Waals surface area contributed by atoms with Crippen molar-refractivity contribution in [1.82, 2.24) is 4.98 Å². The minimum atomic E-state index is -2.67. The van der Waals surface area contributed by atoms with Gasteiger partial charge in [0.25, 0.3) is 12.4 Å². The highest BCUT2D eigenvalue weighted by atomic mass is 127. The van der Waals surface area contributed by atoms with Gasteiger partial charge in [-0.25, -0.2) is 13.8 Å². The van der Waals surface area contributed by atoms with Crippen LogP contribution in [0.2, 0.25) is 0 Å². The number of ether oxygens (including phenoxy) is 1. The van der Waals surface area contributed by atoms with Crippen molar-refractivity contribution in [1.29, 1.82) is 0 Å². The summed E-state index contributed by atoms with van der Waals surface area (Å²) < 4.78 is 42.0. The van der Waals surface area contributed by atoms with Gasteiger partial charge in [-0.2, -0.15) is 4.39 Å². The van der Waals surface area contributed by atoms with E-state index >= 15 is 0 Å². The summed E-state index contributed by atoms with van der Waals surface area (Å²) in [5.74, 6) is -1.12. The molecule has 1 aromatic rings. The lowest BCUT2D eigenvalue weighted by Gasteiger charge is -2.07. The first-order valence-electron chi connectivity index (χ1n) is 3.24. The Balaban J connectivity index is 3.27. The lowest BCUT2D eigenvalue weighted by molar-refractivity contribution is 0.149. The number of aromatic nitrogens is 1. The topological polar surface area (TPSA) is 22.1 Å². The van der Waals surface area contributed by atoms with Crippen molar-refractivity contribution in [3.05, 3.63) is 21.3 Å². The number of halogens is 4. The van der Waals surface area contributed by atoms with Gasteiger partial charge in [0.05, 0.1) is 16.2 Å². The Labute approximate surface area is 86.3 Å². The molecule has 0 aliphatic carbocycles. The summed E-state index contributed by atoms with van der Waals surface area (Å²) in [7, 11) is 1.21. The fourth-order valence-corrected chi connectivity index (χ4v) is 1.61. The zero-order valence-corrected chi connectivity index (χ0v) is 8.68. The second-order valence-corrected chi connectivity index (χ2v) is 3.23. The SMILES string of the molecule is COc1c(F)ncc(C(F)F)c1I. The molecule has 0 aliphatic rings. The zero-order valence-electron chi connectivity index (χ0n) is 6.52. The van der Waals surface area contributed by atoms with Crippen LogP contribution in [0.1, 0.15) is 12.0 Å². The Morgan fingerprint density at radius 1 is 1.54 bits per heavy atom. The van der Waals surface area contributed by atoms with Crippen LogP contribution in [0.5, 0.6) is 5.75 Å². The minimum Gasteiger partial charge on any atom is -0.491 e. The molecule has 0 aliphatic heterocycles. The van der Waals surface area contributed by atoms with Gasteiger partial charge in [0.15, 0.2) is 5.75 Å². The molecule has 2 nitrogen and oxygen atoms in total. The van der Waals surface area contributed by atoms with Gasteiger partial charge in [-0.15, -0.1) is 0 Å². The van der Waals surface area contributed by atoms with Gasteiger partial charge in [-0.3, -0.25) is 0 Å². The van der Waals surface area contributed by atoms with Gasteiger partial charge < -0.3 is 4.74 Å². The summed E-state index contributed by atoms with van der Waals surface area (Å²) in [4.78, 5) is 3.16. The van der Waals surface area contributed by atoms with Crippen LogP contribution in [-0.4, -0.2) is 12.1 Å². The summed E-state index contributed by atoms with van der Waals surface area (Å²) in [6.07, 6.45) is -1.86. The van der Waals surface area contributed by atoms with Crippen molar-refractivity contribution < 1.29 is 17.9 Å². The molecule has 1 rings (SSSR count). The molecule has 1 aromatic heterocycles. The van der Waals surface area contributed by atoms with E-state index < -0.39 is 12.4 Å². The minimum absolute atomic E-state index is 0.0580. The average Bonchev–Trinajstić information content (AvgIpc) is 2.04. The number of pyridine rings is 1. The third-order valence-corrected chi connectivity index (χ3v) is 2.51. The van der Waals surface area contributed by atoms with Crippen LogP contribution in [0.3, 0.4) is 0 Å². The molecular weight excluding hydrogens is 298 g/mol. The maximum Gasteiger partial charge on any atom is 0.266 e. The average molecular weight is 303 g/mol. The Morgan fingerprint density at radius 2 is 2.15 bits per heavy atom. The van der Waals surface area contributed by atoms with Crippen LogP contribution in [0.15, 0.2) is 6.20 Å². The van der Waals surface area contributed by atoms with Crippen molar-refractivity contribution in [2.24, 2.45) is 0 Å². The Hall–Kier alpha value is -0.530. The summed E-state index contributed by atoms with van der Waals surface area (Å²) in [5, 5.41) is 0. The van der Waals surface area contributed by atoms with E-state index in [1.807, 2.05) is 0 Å². The van der Waals surface area contributed by atoms with E-state index in [9.17, 15) is 13.2 Å². The summed E-state index contributed by atoms with van der Waals surface area (Å²) in [6.45, 7) is 0. The van der Waals surface area contributed by atoms with Crippen molar-refractivity contribution in [3.63, 3.8) is 0 Å². The maximum absolute atomic E-state index is 12.8. The number of nitrogens with zero attached hydrogens (tertiary/aromatic N) is 1. The van der Waals surface area contributed by atoms with Crippen LogP contribution in [-0.2, 0) is 0 Å². The molecule has 1 heterocycles. The molecule has 0 spiro atoms. The van der Waals surface area contributed by atoms with Crippen molar-refractivity contribution in [3.8, 4) is 5.75 Å². The van der Waals surface area contributed by atoms with Gasteiger partial charge >= 0.3 is 0 Å². The first-order valence-corrected chi connectivity index (χ1v) is 4.31. The molecule has 0 aromatic carbocycles. The third kappa shape index (κ3) is 2.04. The van der Waals surface area contributed by atoms with Crippen LogP contribution in [0.25, 0.3) is 0 Å². The quantitative estimate of drug-likeness (QED) is 0.619. The lowest BCUT2D eigenvalue weighted by Crippen LogP contribution is -1.99. The van der Waals surface area contributed by atoms with Crippen molar-refractivity contribution >= 4 is 22.6 Å². The van der Waals surface area contributed by atoms with Gasteiger partial charge in [0.1, 0.15) is 0 Å². The first kappa shape index (κ1) is 10.6. The molecule has 0 N–H and O–H groups in total. The Bertz CT molecular complexity index is 319. The van der Waals surface area contributed by atoms with E-state index in [-0.39, 0.29) is 14.9 Å². The van der Waals surface area contributed by atoms with Gasteiger partial charge in [0.2, 0.25) is 0 Å². The van der Waals surface area contributed by atoms with Crippen molar-refractivity contribution in [2.75, 3.05) is 7.11 Å². The summed E-state index contributed by atoms with van der Waals surface area (Å²) in [6, 6.07) is 0. The smallest absolute Gasteiger partial charge is 0.266 e. The lowest BCUT2D eigenvalue weighted by atomic mass is 10.3. The molecule has 0 amide bonds. The number of hydrogen-bond acceptors (Lipinski definition) is 2. The predicted octanol–water partition coefficient (Wildman–Crippen LogP) is 2.77. The third-order valence-electron chi connectivity index (χ3n) is 1.40. The van der Waals surface area contributed by atoms with Gasteiger partial charge in [-0.1, -0.05) is 0 Å². The van der Waals surface area contributed by atoms with E-state index in [0.717, 1.165) is 6.20 Å². The molecule has 0 unspecified atom stereocenters. The van der Waals surface area contributed by atoms with Crippen LogP contribution < -0.4 is 4.74 Å². The Morgan fingerprint density at radius 3 is 2.62 bits per heavy atom. The standard InChI is InChI=1S/C7H5F3INO/c1-13-5-4(11)3(6(8)9)2-12-7(5)10/h2,6H,1H3. The van der Waals surface area contributed by atoms with Crippen LogP contribution in [0.4, 0.5) is 13.2 Å². The van der Waals surface area contributed by atoms with Crippen LogP contribution in [0, 0.1) is 9.52 Å². The monoisotopic (exact) mass is 303 g/mol. The normalized spacial score (nSPS) is 10.6. The molecule has 13 heavy (non-hydrogen) atoms. The molecule has 0 radical (unpaired) electrons. The number of alkyl halides is 2. The van der Waals surface area contributed by atoms with E-state index in [4.69, 9.17) is 0 Å². The molecule has 0 fully saturated rings. The molecule has 0 saturated carbocycles. The number of hydrogen-bond donors (Lipinski definition) is 0. The van der Waals surface area contributed by atoms with E-state index in [1.165, 1.54) is 7.11 Å². The van der Waals surface area contributed by atoms with Gasteiger partial charge in [0, 0.05) is 6.20 Å². The number of rotatable bonds is 2. The van der Waals surface area contributed by atoms with Crippen LogP contribution >= 0.6 is 22.6 Å². The molecule has 72 valence electrons. The summed E-state index contributed by atoms with van der Waals surface area (Å²) in [5.41, 5.74) is -0.321. The van der Waals surface area contributed by atoms with E-state index in [0.29, 0.717) is 0 Å². The Kier molecular flexibility index (Phi) is 3.34. The molecule has 6 heteroatoms. The fraction of sp³-hybridized carbons (Fsp3) is 0.286. The molecule has 0 atom stereocenters.